The Morgan fingerprint density at radius 1 is 1.09 bits per heavy atom. The predicted octanol–water partition coefficient (Wildman–Crippen LogP) is 4.00. The van der Waals surface area contributed by atoms with E-state index in [2.05, 4.69) is 10.3 Å². The number of carbonyl (C=O) groups excluding carboxylic acids is 1. The number of fused-ring (bicyclic) bond motifs is 1. The largest absolute Gasteiger partial charge is 0.493 e. The number of para-hydroxylation sites is 2. The quantitative estimate of drug-likeness (QED) is 0.429. The van der Waals surface area contributed by atoms with Crippen LogP contribution in [0.15, 0.2) is 76.2 Å². The van der Waals surface area contributed by atoms with E-state index in [0.717, 1.165) is 11.1 Å². The number of carbonyl (C=O) groups is 1. The van der Waals surface area contributed by atoms with Gasteiger partial charge in [0.1, 0.15) is 6.61 Å². The smallest absolute Gasteiger partial charge is 0.419 e. The van der Waals surface area contributed by atoms with Crippen LogP contribution in [0.1, 0.15) is 18.4 Å². The van der Waals surface area contributed by atoms with E-state index in [-0.39, 0.29) is 12.3 Å². The summed E-state index contributed by atoms with van der Waals surface area (Å²) in [5.41, 5.74) is 2.84. The van der Waals surface area contributed by atoms with Crippen LogP contribution in [0, 0.1) is 0 Å². The summed E-state index contributed by atoms with van der Waals surface area (Å²) in [5.74, 6) is 0.524. The lowest BCUT2D eigenvalue weighted by molar-refractivity contribution is -0.116. The van der Waals surface area contributed by atoms with Gasteiger partial charge in [-0.3, -0.25) is 14.3 Å². The van der Waals surface area contributed by atoms with Crippen molar-refractivity contribution in [1.82, 2.24) is 9.55 Å². The minimum Gasteiger partial charge on any atom is -0.493 e. The Morgan fingerprint density at radius 2 is 1.91 bits per heavy atom. The highest BCUT2D eigenvalue weighted by atomic mass is 16.5. The highest BCUT2D eigenvalue weighted by Crippen LogP contribution is 2.31. The van der Waals surface area contributed by atoms with Gasteiger partial charge in [-0.05, 0) is 48.4 Å². The number of ether oxygens (including phenoxy) is 2. The number of nitrogens with zero attached hydrogens (tertiary/aromatic N) is 2. The van der Waals surface area contributed by atoms with Crippen molar-refractivity contribution in [3.8, 4) is 11.5 Å². The molecular formula is C24H23N3O5. The topological polar surface area (TPSA) is 95.6 Å². The third-order valence-corrected chi connectivity index (χ3v) is 4.95. The maximum atomic E-state index is 12.4. The average Bonchev–Trinajstić information content (AvgIpc) is 3.13. The number of anilines is 1. The van der Waals surface area contributed by atoms with E-state index in [0.29, 0.717) is 42.3 Å². The zero-order valence-corrected chi connectivity index (χ0v) is 17.6. The minimum atomic E-state index is -0.419. The predicted molar refractivity (Wildman–Crippen MR) is 120 cm³/mol. The van der Waals surface area contributed by atoms with Gasteiger partial charge in [-0.15, -0.1) is 0 Å². The van der Waals surface area contributed by atoms with Gasteiger partial charge < -0.3 is 19.2 Å². The number of hydrogen-bond acceptors (Lipinski definition) is 6. The Morgan fingerprint density at radius 3 is 2.72 bits per heavy atom. The fourth-order valence-corrected chi connectivity index (χ4v) is 3.35. The first-order valence-corrected chi connectivity index (χ1v) is 10.2. The summed E-state index contributed by atoms with van der Waals surface area (Å²) in [7, 11) is 1.56. The molecule has 0 bridgehead atoms. The molecule has 0 fully saturated rings. The lowest BCUT2D eigenvalue weighted by Crippen LogP contribution is -2.17. The molecule has 8 nitrogen and oxygen atoms in total. The molecule has 4 aromatic rings. The summed E-state index contributed by atoms with van der Waals surface area (Å²) < 4.78 is 18.0. The highest BCUT2D eigenvalue weighted by molar-refractivity contribution is 5.91. The molecule has 4 rings (SSSR count). The Labute approximate surface area is 184 Å². The summed E-state index contributed by atoms with van der Waals surface area (Å²) in [6, 6.07) is 16.2. The molecule has 0 saturated carbocycles. The fourth-order valence-electron chi connectivity index (χ4n) is 3.35. The molecular weight excluding hydrogens is 410 g/mol. The molecule has 1 N–H and O–H groups in total. The van der Waals surface area contributed by atoms with Gasteiger partial charge in [0.2, 0.25) is 5.91 Å². The number of rotatable bonds is 9. The number of methoxy groups -OCH3 is 1. The molecule has 164 valence electrons. The van der Waals surface area contributed by atoms with Gasteiger partial charge in [0.25, 0.3) is 0 Å². The molecule has 0 unspecified atom stereocenters. The molecule has 0 atom stereocenters. The number of benzene rings is 2. The second kappa shape index (κ2) is 9.82. The van der Waals surface area contributed by atoms with Gasteiger partial charge in [-0.2, -0.15) is 0 Å². The van der Waals surface area contributed by atoms with Crippen LogP contribution < -0.4 is 20.5 Å². The molecule has 0 aliphatic heterocycles. The Balaban J connectivity index is 1.35. The zero-order valence-electron chi connectivity index (χ0n) is 17.6. The number of aryl methyl sites for hydroxylation is 1. The van der Waals surface area contributed by atoms with E-state index in [1.165, 1.54) is 0 Å². The molecule has 2 heterocycles. The van der Waals surface area contributed by atoms with Crippen LogP contribution in [0.2, 0.25) is 0 Å². The van der Waals surface area contributed by atoms with E-state index in [4.69, 9.17) is 13.9 Å². The lowest BCUT2D eigenvalue weighted by Gasteiger charge is -2.13. The second-order valence-electron chi connectivity index (χ2n) is 7.15. The summed E-state index contributed by atoms with van der Waals surface area (Å²) in [6.45, 7) is 0.746. The molecule has 0 radical (unpaired) electrons. The molecule has 0 spiro atoms. The van der Waals surface area contributed by atoms with Crippen molar-refractivity contribution >= 4 is 22.7 Å². The van der Waals surface area contributed by atoms with E-state index in [1.54, 1.807) is 48.3 Å². The van der Waals surface area contributed by atoms with Gasteiger partial charge in [0.15, 0.2) is 17.1 Å². The number of aromatic nitrogens is 2. The monoisotopic (exact) mass is 433 g/mol. The molecule has 32 heavy (non-hydrogen) atoms. The first-order chi connectivity index (χ1) is 15.6. The first kappa shape index (κ1) is 21.2. The standard InChI is InChI=1S/C24H23N3O5/c1-30-21-9-8-18(15-22(21)31-16-17-10-12-25-13-11-17)26-23(28)7-4-14-27-19-5-2-3-6-20(19)32-24(27)29/h2-3,5-6,8-13,15H,4,7,14,16H2,1H3,(H,26,28). The molecule has 1 amide bonds. The number of oxazole rings is 1. The normalized spacial score (nSPS) is 10.8. The van der Waals surface area contributed by atoms with Gasteiger partial charge >= 0.3 is 5.76 Å². The van der Waals surface area contributed by atoms with Crippen molar-refractivity contribution in [3.05, 3.63) is 83.1 Å². The van der Waals surface area contributed by atoms with Crippen LogP contribution in [-0.4, -0.2) is 22.6 Å². The van der Waals surface area contributed by atoms with Crippen molar-refractivity contribution in [2.24, 2.45) is 0 Å². The van der Waals surface area contributed by atoms with Crippen LogP contribution in [0.25, 0.3) is 11.1 Å². The number of nitrogens with one attached hydrogen (secondary N) is 1. The van der Waals surface area contributed by atoms with Crippen molar-refractivity contribution < 1.29 is 18.7 Å². The van der Waals surface area contributed by atoms with Crippen LogP contribution in [-0.2, 0) is 17.9 Å². The summed E-state index contributed by atoms with van der Waals surface area (Å²) in [6.07, 6.45) is 4.15. The molecule has 2 aromatic heterocycles. The fraction of sp³-hybridized carbons (Fsp3) is 0.208. The van der Waals surface area contributed by atoms with Crippen molar-refractivity contribution in [2.45, 2.75) is 26.0 Å². The molecule has 0 aliphatic rings. The highest BCUT2D eigenvalue weighted by Gasteiger charge is 2.11. The Hall–Kier alpha value is -4.07. The lowest BCUT2D eigenvalue weighted by atomic mass is 10.2. The first-order valence-electron chi connectivity index (χ1n) is 10.2. The van der Waals surface area contributed by atoms with Crippen LogP contribution in [0.5, 0.6) is 11.5 Å². The van der Waals surface area contributed by atoms with Crippen molar-refractivity contribution in [2.75, 3.05) is 12.4 Å². The van der Waals surface area contributed by atoms with Gasteiger partial charge in [0, 0.05) is 37.1 Å². The van der Waals surface area contributed by atoms with Crippen LogP contribution >= 0.6 is 0 Å². The van der Waals surface area contributed by atoms with Gasteiger partial charge in [-0.25, -0.2) is 4.79 Å². The molecule has 2 aromatic carbocycles. The Kier molecular flexibility index (Phi) is 6.50. The number of hydrogen-bond donors (Lipinski definition) is 1. The molecule has 8 heteroatoms. The molecule has 0 saturated heterocycles. The van der Waals surface area contributed by atoms with Crippen LogP contribution in [0.4, 0.5) is 5.69 Å². The van der Waals surface area contributed by atoms with Gasteiger partial charge in [-0.1, -0.05) is 12.1 Å². The molecule has 0 aliphatic carbocycles. The third-order valence-electron chi connectivity index (χ3n) is 4.95. The number of amides is 1. The van der Waals surface area contributed by atoms with Crippen molar-refractivity contribution in [3.63, 3.8) is 0 Å². The zero-order chi connectivity index (χ0) is 22.3. The van der Waals surface area contributed by atoms with E-state index in [1.807, 2.05) is 30.3 Å². The number of pyridine rings is 1. The summed E-state index contributed by atoms with van der Waals surface area (Å²) in [4.78, 5) is 28.5. The second-order valence-corrected chi connectivity index (χ2v) is 7.15. The van der Waals surface area contributed by atoms with E-state index < -0.39 is 5.76 Å². The minimum absolute atomic E-state index is 0.156. The third kappa shape index (κ3) is 4.97. The van der Waals surface area contributed by atoms with Gasteiger partial charge in [0.05, 0.1) is 12.6 Å². The maximum absolute atomic E-state index is 12.4. The van der Waals surface area contributed by atoms with Crippen molar-refractivity contribution in [1.29, 1.82) is 0 Å². The average molecular weight is 433 g/mol. The van der Waals surface area contributed by atoms with E-state index >= 15 is 0 Å². The maximum Gasteiger partial charge on any atom is 0.419 e. The summed E-state index contributed by atoms with van der Waals surface area (Å²) in [5, 5.41) is 2.87. The van der Waals surface area contributed by atoms with Crippen LogP contribution in [0.3, 0.4) is 0 Å². The Bertz CT molecular complexity index is 1260. The summed E-state index contributed by atoms with van der Waals surface area (Å²) >= 11 is 0. The van der Waals surface area contributed by atoms with E-state index in [9.17, 15) is 9.59 Å². The SMILES string of the molecule is COc1ccc(NC(=O)CCCn2c(=O)oc3ccccc32)cc1OCc1ccncc1.